The lowest BCUT2D eigenvalue weighted by Gasteiger charge is -2.44. The van der Waals surface area contributed by atoms with Crippen molar-refractivity contribution in [2.45, 2.75) is 45.2 Å². The summed E-state index contributed by atoms with van der Waals surface area (Å²) < 4.78 is 14.6. The van der Waals surface area contributed by atoms with Crippen molar-refractivity contribution < 1.29 is 24.0 Å². The normalized spacial score (nSPS) is 18.2. The average molecular weight is 496 g/mol. The molecule has 36 heavy (non-hydrogen) atoms. The van der Waals surface area contributed by atoms with Gasteiger partial charge in [0.2, 0.25) is 11.8 Å². The Labute approximate surface area is 211 Å². The standard InChI is InChI=1S/C26H34BFN4O4/c1-17(2)23(29-21-7-5-6-18(3)22(21)28)24(33)31-14-12-26(13-15-31)25(34)30(4)16-32(26)20-10-8-19(9-11-20)27(35)36/h5-11,17,23,29,35-36H,12-16H2,1-4H3/t23-/m1/s1. The number of amides is 2. The first-order chi connectivity index (χ1) is 17.0. The van der Waals surface area contributed by atoms with Gasteiger partial charge in [-0.15, -0.1) is 0 Å². The Hall–Kier alpha value is -3.11. The van der Waals surface area contributed by atoms with Crippen LogP contribution in [0.1, 0.15) is 32.3 Å². The van der Waals surface area contributed by atoms with Gasteiger partial charge in [0, 0.05) is 25.8 Å². The predicted molar refractivity (Wildman–Crippen MR) is 138 cm³/mol. The van der Waals surface area contributed by atoms with Crippen molar-refractivity contribution in [1.82, 2.24) is 9.80 Å². The van der Waals surface area contributed by atoms with Crippen LogP contribution in [-0.2, 0) is 9.59 Å². The van der Waals surface area contributed by atoms with Crippen molar-refractivity contribution in [3.63, 3.8) is 0 Å². The van der Waals surface area contributed by atoms with E-state index in [1.807, 2.05) is 18.7 Å². The second-order valence-electron chi connectivity index (χ2n) is 10.2. The summed E-state index contributed by atoms with van der Waals surface area (Å²) in [6, 6.07) is 11.4. The molecule has 2 aromatic rings. The Bertz CT molecular complexity index is 1120. The highest BCUT2D eigenvalue weighted by molar-refractivity contribution is 6.58. The van der Waals surface area contributed by atoms with Crippen LogP contribution in [0.3, 0.4) is 0 Å². The number of hydrogen-bond acceptors (Lipinski definition) is 6. The van der Waals surface area contributed by atoms with E-state index in [0.717, 1.165) is 5.69 Å². The molecule has 0 bridgehead atoms. The van der Waals surface area contributed by atoms with Gasteiger partial charge in [0.15, 0.2) is 0 Å². The van der Waals surface area contributed by atoms with Crippen LogP contribution in [0.15, 0.2) is 42.5 Å². The lowest BCUT2D eigenvalue weighted by molar-refractivity contribution is -0.138. The minimum atomic E-state index is -1.55. The van der Waals surface area contributed by atoms with E-state index in [1.165, 1.54) is 0 Å². The van der Waals surface area contributed by atoms with E-state index in [1.54, 1.807) is 66.2 Å². The molecule has 2 amide bonds. The number of nitrogens with zero attached hydrogens (tertiary/aromatic N) is 3. The van der Waals surface area contributed by atoms with Gasteiger partial charge < -0.3 is 30.1 Å². The number of piperidine rings is 1. The summed E-state index contributed by atoms with van der Waals surface area (Å²) in [5.41, 5.74) is 1.25. The molecular formula is C26H34BFN4O4. The Kier molecular flexibility index (Phi) is 7.29. The molecule has 192 valence electrons. The van der Waals surface area contributed by atoms with E-state index in [-0.39, 0.29) is 23.5 Å². The maximum atomic E-state index is 14.6. The molecule has 2 saturated heterocycles. The summed E-state index contributed by atoms with van der Waals surface area (Å²) in [5.74, 6) is -0.512. The van der Waals surface area contributed by atoms with Crippen molar-refractivity contribution in [3.05, 3.63) is 53.8 Å². The van der Waals surface area contributed by atoms with E-state index < -0.39 is 18.7 Å². The fourth-order valence-electron chi connectivity index (χ4n) is 5.26. The molecule has 2 aromatic carbocycles. The molecule has 0 radical (unpaired) electrons. The van der Waals surface area contributed by atoms with Crippen molar-refractivity contribution in [1.29, 1.82) is 0 Å². The van der Waals surface area contributed by atoms with Crippen molar-refractivity contribution in [2.24, 2.45) is 5.92 Å². The zero-order valence-electron chi connectivity index (χ0n) is 21.2. The number of benzene rings is 2. The molecule has 2 aliphatic rings. The summed E-state index contributed by atoms with van der Waals surface area (Å²) in [6.07, 6.45) is 0.936. The molecule has 0 aromatic heterocycles. The molecule has 2 heterocycles. The van der Waals surface area contributed by atoms with Crippen molar-refractivity contribution in [3.8, 4) is 0 Å². The number of likely N-dealkylation sites (N-methyl/N-ethyl adjacent to an activating group) is 1. The molecule has 2 aliphatic heterocycles. The van der Waals surface area contributed by atoms with E-state index in [0.29, 0.717) is 49.3 Å². The number of nitrogens with one attached hydrogen (secondary N) is 1. The van der Waals surface area contributed by atoms with Crippen molar-refractivity contribution >= 4 is 35.8 Å². The Balaban J connectivity index is 1.51. The van der Waals surface area contributed by atoms with Crippen LogP contribution in [0.2, 0.25) is 0 Å². The smallest absolute Gasteiger partial charge is 0.423 e. The number of rotatable bonds is 6. The minimum Gasteiger partial charge on any atom is -0.423 e. The predicted octanol–water partition coefficient (Wildman–Crippen LogP) is 1.55. The quantitative estimate of drug-likeness (QED) is 0.526. The minimum absolute atomic E-state index is 0.0150. The summed E-state index contributed by atoms with van der Waals surface area (Å²) >= 11 is 0. The molecular weight excluding hydrogens is 462 g/mol. The van der Waals surface area contributed by atoms with Gasteiger partial charge in [-0.05, 0) is 54.9 Å². The molecule has 0 saturated carbocycles. The first kappa shape index (κ1) is 26.0. The van der Waals surface area contributed by atoms with Crippen LogP contribution >= 0.6 is 0 Å². The zero-order valence-corrected chi connectivity index (χ0v) is 21.2. The molecule has 1 atom stereocenters. The zero-order chi connectivity index (χ0) is 26.2. The highest BCUT2D eigenvalue weighted by Gasteiger charge is 2.53. The van der Waals surface area contributed by atoms with Gasteiger partial charge in [-0.2, -0.15) is 0 Å². The van der Waals surface area contributed by atoms with E-state index in [2.05, 4.69) is 5.32 Å². The third-order valence-electron chi connectivity index (χ3n) is 7.46. The third-order valence-corrected chi connectivity index (χ3v) is 7.46. The third kappa shape index (κ3) is 4.67. The second kappa shape index (κ2) is 10.1. The SMILES string of the molecule is Cc1cccc(N[C@@H](C(=O)N2CCC3(CC2)C(=O)N(C)CN3c2ccc(B(O)O)cc2)C(C)C)c1F. The number of hydrogen-bond donors (Lipinski definition) is 3. The van der Waals surface area contributed by atoms with E-state index in [4.69, 9.17) is 0 Å². The summed E-state index contributed by atoms with van der Waals surface area (Å²) in [5, 5.41) is 21.9. The maximum absolute atomic E-state index is 14.6. The number of carbonyl (C=O) groups is 2. The average Bonchev–Trinajstić information content (AvgIpc) is 3.09. The van der Waals surface area contributed by atoms with E-state index in [9.17, 15) is 24.0 Å². The van der Waals surface area contributed by atoms with Crippen LogP contribution in [-0.4, -0.2) is 77.2 Å². The van der Waals surface area contributed by atoms with Gasteiger partial charge in [0.05, 0.1) is 12.4 Å². The molecule has 10 heteroatoms. The topological polar surface area (TPSA) is 96.4 Å². The summed E-state index contributed by atoms with van der Waals surface area (Å²) in [6.45, 7) is 6.78. The highest BCUT2D eigenvalue weighted by atomic mass is 19.1. The highest BCUT2D eigenvalue weighted by Crippen LogP contribution is 2.39. The number of halogens is 1. The van der Waals surface area contributed by atoms with E-state index >= 15 is 0 Å². The molecule has 0 unspecified atom stereocenters. The first-order valence-corrected chi connectivity index (χ1v) is 12.3. The monoisotopic (exact) mass is 496 g/mol. The summed E-state index contributed by atoms with van der Waals surface area (Å²) in [4.78, 5) is 32.3. The van der Waals surface area contributed by atoms with Gasteiger partial charge in [-0.25, -0.2) is 4.39 Å². The van der Waals surface area contributed by atoms with Gasteiger partial charge >= 0.3 is 7.12 Å². The molecule has 1 spiro atoms. The largest absolute Gasteiger partial charge is 0.488 e. The van der Waals surface area contributed by atoms with Crippen LogP contribution < -0.4 is 15.7 Å². The van der Waals surface area contributed by atoms with Crippen LogP contribution in [0, 0.1) is 18.7 Å². The molecule has 4 rings (SSSR count). The van der Waals surface area contributed by atoms with Gasteiger partial charge in [-0.3, -0.25) is 9.59 Å². The van der Waals surface area contributed by atoms with Gasteiger partial charge in [0.1, 0.15) is 17.4 Å². The van der Waals surface area contributed by atoms with Gasteiger partial charge in [0.25, 0.3) is 0 Å². The molecule has 0 aliphatic carbocycles. The Morgan fingerprint density at radius 2 is 1.75 bits per heavy atom. The maximum Gasteiger partial charge on any atom is 0.488 e. The number of likely N-dealkylation sites (tertiary alicyclic amines) is 1. The lowest BCUT2D eigenvalue weighted by Crippen LogP contribution is -2.59. The fraction of sp³-hybridized carbons (Fsp3) is 0.462. The van der Waals surface area contributed by atoms with Crippen molar-refractivity contribution in [2.75, 3.05) is 37.0 Å². The number of anilines is 2. The first-order valence-electron chi connectivity index (χ1n) is 12.3. The molecule has 2 fully saturated rings. The number of carbonyl (C=O) groups excluding carboxylic acids is 2. The van der Waals surface area contributed by atoms with Crippen LogP contribution in [0.5, 0.6) is 0 Å². The molecule has 8 nitrogen and oxygen atoms in total. The van der Waals surface area contributed by atoms with Gasteiger partial charge in [-0.1, -0.05) is 38.1 Å². The fourth-order valence-corrected chi connectivity index (χ4v) is 5.26. The lowest BCUT2D eigenvalue weighted by atomic mass is 9.80. The van der Waals surface area contributed by atoms with Crippen LogP contribution in [0.25, 0.3) is 0 Å². The van der Waals surface area contributed by atoms with Crippen LogP contribution in [0.4, 0.5) is 15.8 Å². The Morgan fingerprint density at radius 3 is 2.33 bits per heavy atom. The Morgan fingerprint density at radius 1 is 1.11 bits per heavy atom. The second-order valence-corrected chi connectivity index (χ2v) is 10.2. The summed E-state index contributed by atoms with van der Waals surface area (Å²) in [7, 11) is 0.212. The molecule has 3 N–H and O–H groups in total. The number of aryl methyl sites for hydroxylation is 1.